The van der Waals surface area contributed by atoms with Crippen LogP contribution in [0, 0.1) is 0 Å². The minimum atomic E-state index is 0.671. The molecule has 0 radical (unpaired) electrons. The van der Waals surface area contributed by atoms with Crippen molar-refractivity contribution in [3.05, 3.63) is 67.1 Å². The van der Waals surface area contributed by atoms with Crippen LogP contribution in [-0.2, 0) is 0 Å². The number of benzene rings is 2. The fourth-order valence-electron chi connectivity index (χ4n) is 3.02. The molecule has 0 saturated carbocycles. The lowest BCUT2D eigenvalue weighted by Crippen LogP contribution is -2.19. The third kappa shape index (κ3) is 3.97. The summed E-state index contributed by atoms with van der Waals surface area (Å²) in [7, 11) is 4.07. The molecule has 2 N–H and O–H groups in total. The number of nitrogens with zero attached hydrogens (tertiary/aromatic N) is 3. The molecule has 0 aliphatic heterocycles. The molecular formula is C22H23N5O. The largest absolute Gasteiger partial charge is 0.492 e. The number of likely N-dealkylation sites (N-methyl/N-ethyl adjacent to an activating group) is 1. The Labute approximate surface area is 164 Å². The Morgan fingerprint density at radius 3 is 2.64 bits per heavy atom. The van der Waals surface area contributed by atoms with Crippen LogP contribution >= 0.6 is 0 Å². The van der Waals surface area contributed by atoms with Crippen molar-refractivity contribution in [3.63, 3.8) is 0 Å². The third-order valence-electron chi connectivity index (χ3n) is 4.51. The summed E-state index contributed by atoms with van der Waals surface area (Å²) in [6, 6.07) is 18.4. The van der Waals surface area contributed by atoms with Crippen molar-refractivity contribution < 1.29 is 4.74 Å². The molecule has 0 aliphatic carbocycles. The molecule has 0 saturated heterocycles. The molecule has 2 aromatic carbocycles. The molecule has 4 aromatic rings. The van der Waals surface area contributed by atoms with Gasteiger partial charge in [-0.2, -0.15) is 0 Å². The second-order valence-corrected chi connectivity index (χ2v) is 6.81. The molecule has 0 fully saturated rings. The standard InChI is InChI=1S/C22H23N5O/c1-27(2)13-14-28-17-9-7-16(8-10-17)18-5-3-4-6-20(18)26-22-19-11-12-23-21(19)24-15-25-22/h3-12,15H,13-14H2,1-2H3,(H2,23,24,25,26). The van der Waals surface area contributed by atoms with Gasteiger partial charge in [-0.25, -0.2) is 9.97 Å². The molecular weight excluding hydrogens is 350 g/mol. The van der Waals surface area contributed by atoms with E-state index in [0.717, 1.165) is 46.0 Å². The van der Waals surface area contributed by atoms with Gasteiger partial charge in [-0.1, -0.05) is 30.3 Å². The molecule has 0 aliphatic rings. The van der Waals surface area contributed by atoms with Crippen molar-refractivity contribution in [2.75, 3.05) is 32.6 Å². The van der Waals surface area contributed by atoms with E-state index in [2.05, 4.69) is 49.4 Å². The van der Waals surface area contributed by atoms with E-state index in [9.17, 15) is 0 Å². The highest BCUT2D eigenvalue weighted by Crippen LogP contribution is 2.32. The maximum Gasteiger partial charge on any atom is 0.143 e. The van der Waals surface area contributed by atoms with Gasteiger partial charge in [0, 0.05) is 24.0 Å². The topological polar surface area (TPSA) is 66.1 Å². The maximum atomic E-state index is 5.80. The van der Waals surface area contributed by atoms with Gasteiger partial charge >= 0.3 is 0 Å². The Morgan fingerprint density at radius 2 is 1.82 bits per heavy atom. The molecule has 0 unspecified atom stereocenters. The van der Waals surface area contributed by atoms with Gasteiger partial charge in [-0.05, 0) is 43.9 Å². The Kier molecular flexibility index (Phi) is 5.21. The van der Waals surface area contributed by atoms with Crippen LogP contribution in [0.25, 0.3) is 22.2 Å². The van der Waals surface area contributed by atoms with Crippen LogP contribution in [0.5, 0.6) is 5.75 Å². The van der Waals surface area contributed by atoms with Gasteiger partial charge < -0.3 is 19.9 Å². The highest BCUT2D eigenvalue weighted by atomic mass is 16.5. The summed E-state index contributed by atoms with van der Waals surface area (Å²) in [5.74, 6) is 1.66. The summed E-state index contributed by atoms with van der Waals surface area (Å²) < 4.78 is 5.80. The Hall–Kier alpha value is -3.38. The van der Waals surface area contributed by atoms with Crippen LogP contribution in [0.1, 0.15) is 0 Å². The minimum absolute atomic E-state index is 0.671. The van der Waals surface area contributed by atoms with Crippen molar-refractivity contribution in [2.24, 2.45) is 0 Å². The lowest BCUT2D eigenvalue weighted by atomic mass is 10.0. The van der Waals surface area contributed by atoms with Gasteiger partial charge in [-0.3, -0.25) is 0 Å². The first-order valence-electron chi connectivity index (χ1n) is 9.23. The summed E-state index contributed by atoms with van der Waals surface area (Å²) in [5.41, 5.74) is 4.02. The molecule has 2 aromatic heterocycles. The zero-order valence-electron chi connectivity index (χ0n) is 16.0. The van der Waals surface area contributed by atoms with Crippen LogP contribution in [0.3, 0.4) is 0 Å². The highest BCUT2D eigenvalue weighted by molar-refractivity contribution is 5.91. The number of anilines is 2. The van der Waals surface area contributed by atoms with Gasteiger partial charge in [0.1, 0.15) is 30.1 Å². The number of aromatic amines is 1. The number of para-hydroxylation sites is 1. The van der Waals surface area contributed by atoms with Gasteiger partial charge in [-0.15, -0.1) is 0 Å². The van der Waals surface area contributed by atoms with E-state index in [-0.39, 0.29) is 0 Å². The van der Waals surface area contributed by atoms with E-state index < -0.39 is 0 Å². The van der Waals surface area contributed by atoms with Crippen molar-refractivity contribution in [1.82, 2.24) is 19.9 Å². The molecule has 0 bridgehead atoms. The molecule has 0 amide bonds. The van der Waals surface area contributed by atoms with E-state index in [1.54, 1.807) is 6.33 Å². The zero-order valence-corrected chi connectivity index (χ0v) is 16.0. The number of nitrogens with one attached hydrogen (secondary N) is 2. The van der Waals surface area contributed by atoms with E-state index in [1.807, 2.05) is 50.6 Å². The van der Waals surface area contributed by atoms with E-state index in [4.69, 9.17) is 4.74 Å². The monoisotopic (exact) mass is 373 g/mol. The summed E-state index contributed by atoms with van der Waals surface area (Å²) in [6.45, 7) is 1.56. The number of H-pyrrole nitrogens is 1. The van der Waals surface area contributed by atoms with Crippen molar-refractivity contribution in [3.8, 4) is 16.9 Å². The van der Waals surface area contributed by atoms with Crippen molar-refractivity contribution >= 4 is 22.5 Å². The Balaban J connectivity index is 1.57. The van der Waals surface area contributed by atoms with Crippen LogP contribution in [-0.4, -0.2) is 47.1 Å². The molecule has 6 heteroatoms. The summed E-state index contributed by atoms with van der Waals surface area (Å²) in [4.78, 5) is 13.9. The molecule has 142 valence electrons. The van der Waals surface area contributed by atoms with Crippen LogP contribution in [0.4, 0.5) is 11.5 Å². The smallest absolute Gasteiger partial charge is 0.143 e. The van der Waals surface area contributed by atoms with Crippen LogP contribution < -0.4 is 10.1 Å². The fourth-order valence-corrected chi connectivity index (χ4v) is 3.02. The van der Waals surface area contributed by atoms with Crippen molar-refractivity contribution in [2.45, 2.75) is 0 Å². The first-order chi connectivity index (χ1) is 13.7. The van der Waals surface area contributed by atoms with Gasteiger partial charge in [0.15, 0.2) is 0 Å². The maximum absolute atomic E-state index is 5.80. The summed E-state index contributed by atoms with van der Waals surface area (Å²) >= 11 is 0. The molecule has 4 rings (SSSR count). The zero-order chi connectivity index (χ0) is 19.3. The molecule has 6 nitrogen and oxygen atoms in total. The fraction of sp³-hybridized carbons (Fsp3) is 0.182. The highest BCUT2D eigenvalue weighted by Gasteiger charge is 2.09. The number of ether oxygens (including phenoxy) is 1. The molecule has 0 atom stereocenters. The first-order valence-corrected chi connectivity index (χ1v) is 9.23. The second kappa shape index (κ2) is 8.10. The molecule has 2 heterocycles. The quantitative estimate of drug-likeness (QED) is 0.505. The predicted molar refractivity (Wildman–Crippen MR) is 113 cm³/mol. The lowest BCUT2D eigenvalue weighted by molar-refractivity contribution is 0.261. The average molecular weight is 373 g/mol. The number of hydrogen-bond acceptors (Lipinski definition) is 5. The summed E-state index contributed by atoms with van der Waals surface area (Å²) in [5, 5.41) is 4.41. The van der Waals surface area contributed by atoms with Gasteiger partial charge in [0.25, 0.3) is 0 Å². The normalized spacial score (nSPS) is 11.1. The number of fused-ring (bicyclic) bond motifs is 1. The van der Waals surface area contributed by atoms with Crippen LogP contribution in [0.15, 0.2) is 67.1 Å². The number of rotatable bonds is 7. The second-order valence-electron chi connectivity index (χ2n) is 6.81. The predicted octanol–water partition coefficient (Wildman–Crippen LogP) is 4.31. The minimum Gasteiger partial charge on any atom is -0.492 e. The number of aromatic nitrogens is 3. The third-order valence-corrected chi connectivity index (χ3v) is 4.51. The number of hydrogen-bond donors (Lipinski definition) is 2. The SMILES string of the molecule is CN(C)CCOc1ccc(-c2ccccc2Nc2ncnc3[nH]ccc23)cc1. The van der Waals surface area contributed by atoms with E-state index in [1.165, 1.54) is 0 Å². The average Bonchev–Trinajstić information content (AvgIpc) is 3.19. The molecule has 0 spiro atoms. The summed E-state index contributed by atoms with van der Waals surface area (Å²) in [6.07, 6.45) is 3.43. The first kappa shape index (κ1) is 18.0. The van der Waals surface area contributed by atoms with E-state index in [0.29, 0.717) is 6.61 Å². The van der Waals surface area contributed by atoms with Gasteiger partial charge in [0.05, 0.1) is 5.39 Å². The molecule has 28 heavy (non-hydrogen) atoms. The van der Waals surface area contributed by atoms with E-state index >= 15 is 0 Å². The van der Waals surface area contributed by atoms with Gasteiger partial charge in [0.2, 0.25) is 0 Å². The van der Waals surface area contributed by atoms with Crippen LogP contribution in [0.2, 0.25) is 0 Å². The Bertz CT molecular complexity index is 1060. The van der Waals surface area contributed by atoms with Crippen molar-refractivity contribution in [1.29, 1.82) is 0 Å². The Morgan fingerprint density at radius 1 is 1.00 bits per heavy atom. The lowest BCUT2D eigenvalue weighted by Gasteiger charge is -2.14.